The number of carbonyl (C=O) groups excluding carboxylic acids is 5. The summed E-state index contributed by atoms with van der Waals surface area (Å²) in [6.07, 6.45) is 14.4. The largest absolute Gasteiger partial charge is 0.363 e. The van der Waals surface area contributed by atoms with Gasteiger partial charge in [0.2, 0.25) is 17.6 Å². The Balaban J connectivity index is 1.38. The van der Waals surface area contributed by atoms with E-state index >= 15 is 0 Å². The summed E-state index contributed by atoms with van der Waals surface area (Å²) >= 11 is 1.70. The van der Waals surface area contributed by atoms with Gasteiger partial charge in [-0.1, -0.05) is 84.1 Å². The molecule has 11 heteroatoms. The molecule has 10 nitrogen and oxygen atoms in total. The normalized spacial score (nSPS) is 25.8. The summed E-state index contributed by atoms with van der Waals surface area (Å²) in [5, 5.41) is 11.5. The monoisotopic (exact) mass is 669 g/mol. The van der Waals surface area contributed by atoms with Crippen molar-refractivity contribution in [2.75, 3.05) is 6.54 Å². The Hall–Kier alpha value is -2.95. The van der Waals surface area contributed by atoms with Crippen molar-refractivity contribution < 1.29 is 24.0 Å². The van der Waals surface area contributed by atoms with Gasteiger partial charge in [0.15, 0.2) is 0 Å². The first-order valence-electron chi connectivity index (χ1n) is 18.2. The van der Waals surface area contributed by atoms with Crippen molar-refractivity contribution in [3.63, 3.8) is 0 Å². The van der Waals surface area contributed by atoms with E-state index in [0.29, 0.717) is 19.4 Å². The Kier molecular flexibility index (Phi) is 12.0. The highest BCUT2D eigenvalue weighted by Crippen LogP contribution is 2.38. The fourth-order valence-electron chi connectivity index (χ4n) is 8.66. The van der Waals surface area contributed by atoms with Gasteiger partial charge in [0.1, 0.15) is 12.1 Å². The van der Waals surface area contributed by atoms with E-state index in [-0.39, 0.29) is 41.1 Å². The van der Waals surface area contributed by atoms with Crippen molar-refractivity contribution in [1.82, 2.24) is 20.9 Å². The van der Waals surface area contributed by atoms with E-state index < -0.39 is 35.7 Å². The van der Waals surface area contributed by atoms with Crippen LogP contribution in [-0.2, 0) is 25.6 Å². The van der Waals surface area contributed by atoms with Gasteiger partial charge < -0.3 is 26.6 Å². The van der Waals surface area contributed by atoms with Crippen LogP contribution in [0.3, 0.4) is 0 Å². The number of hydrogen-bond donors (Lipinski definition) is 4. The van der Waals surface area contributed by atoms with E-state index in [0.717, 1.165) is 89.9 Å². The second-order valence-corrected chi connectivity index (χ2v) is 15.7. The first-order valence-corrected chi connectivity index (χ1v) is 19.1. The summed E-state index contributed by atoms with van der Waals surface area (Å²) in [4.78, 5) is 70.3. The predicted octanol–water partition coefficient (Wildman–Crippen LogP) is 4.84. The van der Waals surface area contributed by atoms with Gasteiger partial charge in [-0.25, -0.2) is 4.79 Å². The molecule has 0 aromatic carbocycles. The molecule has 0 bridgehead atoms. The summed E-state index contributed by atoms with van der Waals surface area (Å²) in [6.45, 7) is 4.52. The Morgan fingerprint density at radius 3 is 2.26 bits per heavy atom. The van der Waals surface area contributed by atoms with Crippen LogP contribution in [0.1, 0.15) is 115 Å². The molecule has 5 atom stereocenters. The maximum atomic E-state index is 14.7. The molecule has 47 heavy (non-hydrogen) atoms. The van der Waals surface area contributed by atoms with E-state index in [1.807, 2.05) is 13.0 Å². The van der Waals surface area contributed by atoms with Gasteiger partial charge in [-0.15, -0.1) is 11.3 Å². The highest BCUT2D eigenvalue weighted by atomic mass is 32.1. The molecule has 2 heterocycles. The molecular formula is C36H55N5O5S. The minimum absolute atomic E-state index is 0.0230. The van der Waals surface area contributed by atoms with E-state index in [9.17, 15) is 24.0 Å². The topological polar surface area (TPSA) is 151 Å². The number of ketones is 1. The second-order valence-electron chi connectivity index (χ2n) is 14.7. The maximum Gasteiger partial charge on any atom is 0.315 e. The van der Waals surface area contributed by atoms with Crippen LogP contribution in [0.15, 0.2) is 17.5 Å². The zero-order chi connectivity index (χ0) is 33.6. The lowest BCUT2D eigenvalue weighted by molar-refractivity contribution is -0.143. The number of urea groups is 1. The first kappa shape index (κ1) is 35.4. The Bertz CT molecular complexity index is 1250. The number of Topliss-reactive ketones (excluding diaryl/α,β-unsaturated/α-hetero) is 1. The summed E-state index contributed by atoms with van der Waals surface area (Å²) in [6, 6.07) is 1.31. The molecule has 260 valence electrons. The molecule has 3 saturated carbocycles. The van der Waals surface area contributed by atoms with Crippen molar-refractivity contribution in [1.29, 1.82) is 0 Å². The number of thiophene rings is 1. The van der Waals surface area contributed by atoms with Gasteiger partial charge in [-0.3, -0.25) is 19.2 Å². The molecule has 4 fully saturated rings. The van der Waals surface area contributed by atoms with E-state index in [2.05, 4.69) is 34.3 Å². The van der Waals surface area contributed by atoms with Crippen molar-refractivity contribution in [3.05, 3.63) is 22.4 Å². The highest BCUT2D eigenvalue weighted by molar-refractivity contribution is 7.09. The zero-order valence-corrected chi connectivity index (χ0v) is 29.1. The number of rotatable bonds is 14. The number of nitrogens with zero attached hydrogens (tertiary/aromatic N) is 1. The number of likely N-dealkylation sites (tertiary alicyclic amines) is 1. The number of nitrogens with two attached hydrogens (primary N) is 1. The SMILES string of the molecule is CC[C@H]1CN(C(=O)[C@@H](NC(=O)NC2(Cc3cccs3)CCCCC2)C2CCCCC2)[C@H](C(=O)NC(CC2CC2)C(=O)C(N)=O)[C@H]1CC. The second kappa shape index (κ2) is 16.0. The van der Waals surface area contributed by atoms with Gasteiger partial charge >= 0.3 is 6.03 Å². The van der Waals surface area contributed by atoms with Crippen molar-refractivity contribution in [2.24, 2.45) is 29.4 Å². The molecule has 1 aromatic heterocycles. The molecule has 1 aliphatic heterocycles. The highest BCUT2D eigenvalue weighted by Gasteiger charge is 2.49. The Morgan fingerprint density at radius 1 is 0.957 bits per heavy atom. The number of hydrogen-bond acceptors (Lipinski definition) is 6. The molecule has 0 spiro atoms. The first-order chi connectivity index (χ1) is 22.6. The molecule has 5 rings (SSSR count). The fraction of sp³-hybridized carbons (Fsp3) is 0.750. The molecule has 5 amide bonds. The van der Waals surface area contributed by atoms with Crippen LogP contribution in [0.5, 0.6) is 0 Å². The quantitative estimate of drug-likeness (QED) is 0.209. The van der Waals surface area contributed by atoms with Gasteiger partial charge in [0.25, 0.3) is 5.91 Å². The van der Waals surface area contributed by atoms with Crippen LogP contribution < -0.4 is 21.7 Å². The molecule has 4 aliphatic rings. The van der Waals surface area contributed by atoms with Crippen molar-refractivity contribution in [2.45, 2.75) is 140 Å². The molecular weight excluding hydrogens is 614 g/mol. The number of carbonyl (C=O) groups is 5. The predicted molar refractivity (Wildman–Crippen MR) is 182 cm³/mol. The lowest BCUT2D eigenvalue weighted by atomic mass is 9.79. The van der Waals surface area contributed by atoms with E-state index in [1.165, 1.54) is 4.88 Å². The lowest BCUT2D eigenvalue weighted by Gasteiger charge is -2.40. The molecule has 5 N–H and O–H groups in total. The van der Waals surface area contributed by atoms with E-state index in [4.69, 9.17) is 5.73 Å². The summed E-state index contributed by atoms with van der Waals surface area (Å²) < 4.78 is 0. The smallest absolute Gasteiger partial charge is 0.315 e. The average Bonchev–Trinajstić information content (AvgIpc) is 3.58. The minimum Gasteiger partial charge on any atom is -0.363 e. The van der Waals surface area contributed by atoms with Gasteiger partial charge in [0.05, 0.1) is 6.04 Å². The number of amides is 5. The van der Waals surface area contributed by atoms with E-state index in [1.54, 1.807) is 16.2 Å². The van der Waals surface area contributed by atoms with Crippen molar-refractivity contribution >= 4 is 40.9 Å². The Labute approximate surface area is 283 Å². The third-order valence-electron chi connectivity index (χ3n) is 11.4. The third-order valence-corrected chi connectivity index (χ3v) is 12.3. The van der Waals surface area contributed by atoms with Crippen LogP contribution in [0, 0.1) is 23.7 Å². The fourth-order valence-corrected chi connectivity index (χ4v) is 9.50. The molecule has 1 unspecified atom stereocenters. The van der Waals surface area contributed by atoms with Crippen LogP contribution in [0.25, 0.3) is 0 Å². The third kappa shape index (κ3) is 8.75. The molecule has 1 saturated heterocycles. The van der Waals surface area contributed by atoms with Gasteiger partial charge in [-0.05, 0) is 67.2 Å². The Morgan fingerprint density at radius 2 is 1.66 bits per heavy atom. The van der Waals surface area contributed by atoms with Crippen LogP contribution in [0.4, 0.5) is 4.79 Å². The lowest BCUT2D eigenvalue weighted by Crippen LogP contribution is -2.62. The minimum atomic E-state index is -1.06. The summed E-state index contributed by atoms with van der Waals surface area (Å²) in [5.74, 6) is -2.24. The average molecular weight is 670 g/mol. The molecule has 1 aromatic rings. The van der Waals surface area contributed by atoms with Crippen molar-refractivity contribution in [3.8, 4) is 0 Å². The number of nitrogens with one attached hydrogen (secondary N) is 3. The number of primary amides is 1. The summed E-state index contributed by atoms with van der Waals surface area (Å²) in [5.41, 5.74) is 5.01. The van der Waals surface area contributed by atoms with Crippen LogP contribution >= 0.6 is 11.3 Å². The maximum absolute atomic E-state index is 14.7. The summed E-state index contributed by atoms with van der Waals surface area (Å²) in [7, 11) is 0. The molecule has 3 aliphatic carbocycles. The standard InChI is InChI=1S/C36H55N5O5S/c1-3-24-22-41(30(27(24)4-2)33(44)38-28(20-23-15-16-23)31(42)32(37)43)34(45)29(25-12-7-5-8-13-25)39-35(46)40-36(17-9-6-10-18-36)21-26-14-11-19-47-26/h11,14,19,23-25,27-30H,3-10,12-13,15-18,20-22H2,1-2H3,(H2,37,43)(H,38,44)(H2,39,40,46)/t24-,27-,28?,29-,30-/m0/s1. The zero-order valence-electron chi connectivity index (χ0n) is 28.3. The van der Waals surface area contributed by atoms with Crippen LogP contribution in [-0.4, -0.2) is 64.6 Å². The molecule has 0 radical (unpaired) electrons. The van der Waals surface area contributed by atoms with Gasteiger partial charge in [0, 0.05) is 23.4 Å². The van der Waals surface area contributed by atoms with Crippen LogP contribution in [0.2, 0.25) is 0 Å². The van der Waals surface area contributed by atoms with Gasteiger partial charge in [-0.2, -0.15) is 0 Å².